The number of hydrogen-bond acceptors (Lipinski definition) is 4. The molecule has 1 heterocycles. The zero-order chi connectivity index (χ0) is 22.2. The summed E-state index contributed by atoms with van der Waals surface area (Å²) >= 11 is 0. The van der Waals surface area contributed by atoms with Crippen molar-refractivity contribution in [2.75, 3.05) is 25.0 Å². The summed E-state index contributed by atoms with van der Waals surface area (Å²) in [6, 6.07) is 14.6. The van der Waals surface area contributed by atoms with Gasteiger partial charge in [0.25, 0.3) is 11.8 Å². The topological polar surface area (TPSA) is 91.5 Å². The number of anilines is 1. The minimum atomic E-state index is -0.451. The molecule has 0 spiro atoms. The van der Waals surface area contributed by atoms with E-state index in [1.165, 1.54) is 0 Å². The van der Waals surface area contributed by atoms with Crippen LogP contribution >= 0.6 is 0 Å². The van der Waals surface area contributed by atoms with Gasteiger partial charge in [-0.05, 0) is 50.1 Å². The normalized spacial score (nSPS) is 10.6. The first-order valence-electron chi connectivity index (χ1n) is 10.4. The molecule has 1 aromatic heterocycles. The van der Waals surface area contributed by atoms with Gasteiger partial charge in [0.05, 0.1) is 0 Å². The van der Waals surface area contributed by atoms with Gasteiger partial charge in [-0.1, -0.05) is 24.3 Å². The molecule has 0 aliphatic heterocycles. The number of aromatic nitrogens is 1. The zero-order valence-electron chi connectivity index (χ0n) is 17.8. The third-order valence-electron chi connectivity index (χ3n) is 5.08. The molecule has 3 rings (SSSR count). The lowest BCUT2D eigenvalue weighted by Crippen LogP contribution is -2.30. The van der Waals surface area contributed by atoms with E-state index in [1.807, 2.05) is 44.3 Å². The van der Waals surface area contributed by atoms with Crippen molar-refractivity contribution in [1.29, 1.82) is 0 Å². The van der Waals surface area contributed by atoms with Crippen LogP contribution in [0.3, 0.4) is 0 Å². The van der Waals surface area contributed by atoms with E-state index in [4.69, 9.17) is 4.74 Å². The van der Waals surface area contributed by atoms with Crippen LogP contribution in [0.4, 0.5) is 5.69 Å². The molecule has 0 atom stereocenters. The third kappa shape index (κ3) is 5.72. The molecule has 2 aromatic carbocycles. The molecule has 0 bridgehead atoms. The number of esters is 1. The summed E-state index contributed by atoms with van der Waals surface area (Å²) in [4.78, 5) is 41.5. The summed E-state index contributed by atoms with van der Waals surface area (Å²) < 4.78 is 5.10. The molecule has 162 valence electrons. The molecule has 7 heteroatoms. The van der Waals surface area contributed by atoms with Crippen molar-refractivity contribution in [2.24, 2.45) is 0 Å². The van der Waals surface area contributed by atoms with E-state index >= 15 is 0 Å². The molecule has 3 aromatic rings. The molecule has 0 radical (unpaired) electrons. The number of carbonyl (C=O) groups is 3. The van der Waals surface area contributed by atoms with Crippen molar-refractivity contribution in [2.45, 2.75) is 26.7 Å². The Morgan fingerprint density at radius 3 is 2.58 bits per heavy atom. The molecular formula is C24H27N3O4. The fourth-order valence-corrected chi connectivity index (χ4v) is 3.41. The van der Waals surface area contributed by atoms with E-state index in [0.717, 1.165) is 16.5 Å². The number of para-hydroxylation sites is 1. The number of nitrogens with one attached hydrogen (secondary N) is 2. The van der Waals surface area contributed by atoms with Crippen molar-refractivity contribution in [3.05, 3.63) is 65.9 Å². The van der Waals surface area contributed by atoms with Gasteiger partial charge in [-0.2, -0.15) is 0 Å². The molecule has 7 nitrogen and oxygen atoms in total. The van der Waals surface area contributed by atoms with E-state index < -0.39 is 11.9 Å². The third-order valence-corrected chi connectivity index (χ3v) is 5.08. The maximum atomic E-state index is 12.5. The van der Waals surface area contributed by atoms with Crippen molar-refractivity contribution in [1.82, 2.24) is 9.88 Å². The van der Waals surface area contributed by atoms with Gasteiger partial charge < -0.3 is 19.9 Å². The minimum absolute atomic E-state index is 0.0928. The number of fused-ring (bicyclic) bond motifs is 1. The number of aryl methyl sites for hydroxylation is 1. The maximum Gasteiger partial charge on any atom is 0.306 e. The van der Waals surface area contributed by atoms with Crippen molar-refractivity contribution >= 4 is 34.4 Å². The van der Waals surface area contributed by atoms with Gasteiger partial charge in [0.2, 0.25) is 0 Å². The average Bonchev–Trinajstić information content (AvgIpc) is 3.20. The predicted molar refractivity (Wildman–Crippen MR) is 120 cm³/mol. The largest absolute Gasteiger partial charge is 0.456 e. The van der Waals surface area contributed by atoms with Crippen molar-refractivity contribution in [3.63, 3.8) is 0 Å². The van der Waals surface area contributed by atoms with Crippen LogP contribution in [0.1, 0.15) is 36.2 Å². The summed E-state index contributed by atoms with van der Waals surface area (Å²) in [6.07, 6.45) is 2.60. The molecule has 0 saturated heterocycles. The Kier molecular flexibility index (Phi) is 7.43. The maximum absolute atomic E-state index is 12.5. The first-order chi connectivity index (χ1) is 15.0. The quantitative estimate of drug-likeness (QED) is 0.515. The predicted octanol–water partition coefficient (Wildman–Crippen LogP) is 3.76. The Hall–Kier alpha value is -3.61. The van der Waals surface area contributed by atoms with Gasteiger partial charge in [0.15, 0.2) is 6.61 Å². The van der Waals surface area contributed by atoms with Gasteiger partial charge >= 0.3 is 5.97 Å². The van der Waals surface area contributed by atoms with Gasteiger partial charge in [0.1, 0.15) is 0 Å². The SMILES string of the molecule is CCN(CC)C(=O)c1cccc(NC(=O)COC(=O)CCc2c[nH]c3ccccc23)c1. The fraction of sp³-hybridized carbons (Fsp3) is 0.292. The summed E-state index contributed by atoms with van der Waals surface area (Å²) in [5.74, 6) is -0.983. The van der Waals surface area contributed by atoms with E-state index in [2.05, 4.69) is 10.3 Å². The van der Waals surface area contributed by atoms with Crippen LogP contribution < -0.4 is 5.32 Å². The minimum Gasteiger partial charge on any atom is -0.456 e. The second kappa shape index (κ2) is 10.4. The summed E-state index contributed by atoms with van der Waals surface area (Å²) in [6.45, 7) is 4.68. The van der Waals surface area contributed by atoms with Crippen LogP contribution in [0.5, 0.6) is 0 Å². The second-order valence-electron chi connectivity index (χ2n) is 7.13. The number of H-pyrrole nitrogens is 1. The van der Waals surface area contributed by atoms with E-state index in [9.17, 15) is 14.4 Å². The van der Waals surface area contributed by atoms with E-state index in [-0.39, 0.29) is 18.9 Å². The van der Waals surface area contributed by atoms with Crippen LogP contribution in [0.2, 0.25) is 0 Å². The standard InChI is InChI=1S/C24H27N3O4/c1-3-27(4-2)24(30)17-8-7-9-19(14-17)26-22(28)16-31-23(29)13-12-18-15-25-21-11-6-5-10-20(18)21/h5-11,14-15,25H,3-4,12-13,16H2,1-2H3,(H,26,28). The van der Waals surface area contributed by atoms with Crippen molar-refractivity contribution < 1.29 is 19.1 Å². The Bertz CT molecular complexity index is 1070. The fourth-order valence-electron chi connectivity index (χ4n) is 3.41. The number of nitrogens with zero attached hydrogens (tertiary/aromatic N) is 1. The number of benzene rings is 2. The van der Waals surface area contributed by atoms with E-state index in [1.54, 1.807) is 29.2 Å². The van der Waals surface area contributed by atoms with Gasteiger partial charge in [-0.15, -0.1) is 0 Å². The smallest absolute Gasteiger partial charge is 0.306 e. The number of ether oxygens (including phenoxy) is 1. The van der Waals surface area contributed by atoms with Crippen LogP contribution in [0, 0.1) is 0 Å². The molecule has 0 aliphatic rings. The highest BCUT2D eigenvalue weighted by molar-refractivity contribution is 5.97. The van der Waals surface area contributed by atoms with Crippen LogP contribution in [-0.4, -0.2) is 47.4 Å². The highest BCUT2D eigenvalue weighted by atomic mass is 16.5. The van der Waals surface area contributed by atoms with Gasteiger partial charge in [-0.25, -0.2) is 0 Å². The molecule has 0 fully saturated rings. The van der Waals surface area contributed by atoms with E-state index in [0.29, 0.717) is 30.8 Å². The summed E-state index contributed by atoms with van der Waals surface area (Å²) in [7, 11) is 0. The van der Waals surface area contributed by atoms with Gasteiger partial charge in [-0.3, -0.25) is 14.4 Å². The molecule has 0 saturated carbocycles. The first kappa shape index (κ1) is 22.1. The van der Waals surface area contributed by atoms with Crippen LogP contribution in [-0.2, 0) is 20.7 Å². The molecule has 2 N–H and O–H groups in total. The number of hydrogen-bond donors (Lipinski definition) is 2. The highest BCUT2D eigenvalue weighted by Crippen LogP contribution is 2.19. The molecule has 0 unspecified atom stereocenters. The highest BCUT2D eigenvalue weighted by Gasteiger charge is 2.14. The zero-order valence-corrected chi connectivity index (χ0v) is 17.8. The number of aromatic amines is 1. The second-order valence-corrected chi connectivity index (χ2v) is 7.13. The monoisotopic (exact) mass is 421 g/mol. The first-order valence-corrected chi connectivity index (χ1v) is 10.4. The van der Waals surface area contributed by atoms with Gasteiger partial charge in [0, 0.05) is 47.9 Å². The van der Waals surface area contributed by atoms with Crippen molar-refractivity contribution in [3.8, 4) is 0 Å². The Morgan fingerprint density at radius 2 is 1.81 bits per heavy atom. The Labute approximate surface area is 181 Å². The lowest BCUT2D eigenvalue weighted by molar-refractivity contribution is -0.147. The number of carbonyl (C=O) groups excluding carboxylic acids is 3. The number of amides is 2. The average molecular weight is 421 g/mol. The Balaban J connectivity index is 1.48. The van der Waals surface area contributed by atoms with Crippen LogP contribution in [0.25, 0.3) is 10.9 Å². The Morgan fingerprint density at radius 1 is 1.03 bits per heavy atom. The molecule has 0 aliphatic carbocycles. The molecule has 31 heavy (non-hydrogen) atoms. The lowest BCUT2D eigenvalue weighted by atomic mass is 10.1. The lowest BCUT2D eigenvalue weighted by Gasteiger charge is -2.19. The molecular weight excluding hydrogens is 394 g/mol. The number of rotatable bonds is 9. The summed E-state index contributed by atoms with van der Waals surface area (Å²) in [5, 5.41) is 3.75. The molecule has 2 amide bonds. The summed E-state index contributed by atoms with van der Waals surface area (Å²) in [5.41, 5.74) is 3.04. The van der Waals surface area contributed by atoms with Crippen LogP contribution in [0.15, 0.2) is 54.7 Å².